The number of rotatable bonds is 2. The molecule has 2 atom stereocenters. The summed E-state index contributed by atoms with van der Waals surface area (Å²) in [6.07, 6.45) is 0.832. The monoisotopic (exact) mass is 201 g/mol. The second-order valence-corrected chi connectivity index (χ2v) is 4.59. The second kappa shape index (κ2) is 4.28. The summed E-state index contributed by atoms with van der Waals surface area (Å²) in [7, 11) is 1.66. The van der Waals surface area contributed by atoms with Crippen LogP contribution in [-0.4, -0.2) is 37.4 Å². The lowest BCUT2D eigenvalue weighted by atomic mass is 10.1. The van der Waals surface area contributed by atoms with Crippen LogP contribution in [0.4, 0.5) is 0 Å². The molecular formula is C10H19NO3. The first-order valence-corrected chi connectivity index (χ1v) is 4.91. The third-order valence-electron chi connectivity index (χ3n) is 2.12. The molecule has 0 aromatic heterocycles. The van der Waals surface area contributed by atoms with E-state index in [1.165, 1.54) is 0 Å². The van der Waals surface area contributed by atoms with Gasteiger partial charge in [-0.15, -0.1) is 0 Å². The molecule has 1 N–H and O–H groups in total. The Labute approximate surface area is 85.0 Å². The van der Waals surface area contributed by atoms with E-state index < -0.39 is 5.60 Å². The van der Waals surface area contributed by atoms with Gasteiger partial charge < -0.3 is 14.8 Å². The van der Waals surface area contributed by atoms with Gasteiger partial charge in [0.2, 0.25) is 0 Å². The molecule has 0 aromatic carbocycles. The number of esters is 1. The van der Waals surface area contributed by atoms with E-state index in [0.717, 1.165) is 6.54 Å². The predicted octanol–water partition coefficient (Wildman–Crippen LogP) is 0.705. The summed E-state index contributed by atoms with van der Waals surface area (Å²) < 4.78 is 10.4. The van der Waals surface area contributed by atoms with Crippen molar-refractivity contribution in [3.8, 4) is 0 Å². The molecule has 2 unspecified atom stereocenters. The molecule has 4 nitrogen and oxygen atoms in total. The van der Waals surface area contributed by atoms with Crippen LogP contribution in [0.15, 0.2) is 0 Å². The summed E-state index contributed by atoms with van der Waals surface area (Å²) in [5.74, 6) is -0.183. The van der Waals surface area contributed by atoms with Gasteiger partial charge in [0.1, 0.15) is 11.6 Å². The Bertz CT molecular complexity index is 210. The topological polar surface area (TPSA) is 47.6 Å². The minimum Gasteiger partial charge on any atom is -0.459 e. The van der Waals surface area contributed by atoms with E-state index in [1.54, 1.807) is 7.11 Å². The normalized spacial score (nSPS) is 27.7. The van der Waals surface area contributed by atoms with Crippen molar-refractivity contribution in [2.45, 2.75) is 44.9 Å². The fourth-order valence-corrected chi connectivity index (χ4v) is 1.44. The maximum Gasteiger partial charge on any atom is 0.323 e. The highest BCUT2D eigenvalue weighted by Gasteiger charge is 2.32. The zero-order valence-corrected chi connectivity index (χ0v) is 9.29. The van der Waals surface area contributed by atoms with Gasteiger partial charge in [-0.2, -0.15) is 0 Å². The fourth-order valence-electron chi connectivity index (χ4n) is 1.44. The van der Waals surface area contributed by atoms with Gasteiger partial charge in [0.15, 0.2) is 0 Å². The first-order valence-electron chi connectivity index (χ1n) is 4.91. The zero-order valence-electron chi connectivity index (χ0n) is 9.29. The van der Waals surface area contributed by atoms with Crippen LogP contribution in [0, 0.1) is 0 Å². The van der Waals surface area contributed by atoms with Gasteiger partial charge in [-0.3, -0.25) is 4.79 Å². The van der Waals surface area contributed by atoms with Crippen LogP contribution in [-0.2, 0) is 14.3 Å². The highest BCUT2D eigenvalue weighted by Crippen LogP contribution is 2.15. The first-order chi connectivity index (χ1) is 6.42. The molecule has 0 amide bonds. The molecule has 0 spiro atoms. The molecule has 4 heteroatoms. The predicted molar refractivity (Wildman–Crippen MR) is 53.0 cm³/mol. The number of nitrogens with one attached hydrogen (secondary N) is 1. The molecule has 82 valence electrons. The molecule has 14 heavy (non-hydrogen) atoms. The van der Waals surface area contributed by atoms with Crippen molar-refractivity contribution >= 4 is 5.97 Å². The van der Waals surface area contributed by atoms with E-state index in [0.29, 0.717) is 6.42 Å². The molecule has 1 fully saturated rings. The standard InChI is InChI=1S/C10H19NO3/c1-10(2,3)14-9(12)8-5-7(13-4)6-11-8/h7-8,11H,5-6H2,1-4H3. The summed E-state index contributed by atoms with van der Waals surface area (Å²) in [5, 5.41) is 3.08. The molecule has 0 saturated carbocycles. The van der Waals surface area contributed by atoms with Crippen LogP contribution in [0.3, 0.4) is 0 Å². The van der Waals surface area contributed by atoms with Gasteiger partial charge in [-0.25, -0.2) is 0 Å². The number of methoxy groups -OCH3 is 1. The Morgan fingerprint density at radius 3 is 2.50 bits per heavy atom. The third kappa shape index (κ3) is 3.27. The summed E-state index contributed by atoms with van der Waals surface area (Å²) in [4.78, 5) is 11.6. The molecule has 1 rings (SSSR count). The quantitative estimate of drug-likeness (QED) is 0.668. The molecule has 0 radical (unpaired) electrons. The lowest BCUT2D eigenvalue weighted by Crippen LogP contribution is -2.37. The summed E-state index contributed by atoms with van der Waals surface area (Å²) in [6, 6.07) is -0.209. The minimum atomic E-state index is -0.413. The van der Waals surface area contributed by atoms with E-state index in [9.17, 15) is 4.79 Å². The Kier molecular flexibility index (Phi) is 3.50. The molecule has 1 aliphatic rings. The van der Waals surface area contributed by atoms with Crippen LogP contribution in [0.1, 0.15) is 27.2 Å². The smallest absolute Gasteiger partial charge is 0.323 e. The van der Waals surface area contributed by atoms with Crippen LogP contribution < -0.4 is 5.32 Å². The van der Waals surface area contributed by atoms with Gasteiger partial charge in [0.05, 0.1) is 6.10 Å². The largest absolute Gasteiger partial charge is 0.459 e. The maximum absolute atomic E-state index is 11.6. The second-order valence-electron chi connectivity index (χ2n) is 4.59. The highest BCUT2D eigenvalue weighted by molar-refractivity contribution is 5.76. The Morgan fingerprint density at radius 2 is 2.07 bits per heavy atom. The van der Waals surface area contributed by atoms with Crippen molar-refractivity contribution in [1.29, 1.82) is 0 Å². The summed E-state index contributed by atoms with van der Waals surface area (Å²) >= 11 is 0. The average molecular weight is 201 g/mol. The number of carbonyl (C=O) groups is 1. The van der Waals surface area contributed by atoms with Gasteiger partial charge in [0, 0.05) is 20.1 Å². The highest BCUT2D eigenvalue weighted by atomic mass is 16.6. The van der Waals surface area contributed by atoms with E-state index in [2.05, 4.69) is 5.32 Å². The lowest BCUT2D eigenvalue weighted by Gasteiger charge is -2.21. The Morgan fingerprint density at radius 1 is 1.43 bits per heavy atom. The molecule has 1 saturated heterocycles. The van der Waals surface area contributed by atoms with Crippen LogP contribution in [0.2, 0.25) is 0 Å². The van der Waals surface area contributed by atoms with Crippen LogP contribution >= 0.6 is 0 Å². The molecular weight excluding hydrogens is 182 g/mol. The number of hydrogen-bond acceptors (Lipinski definition) is 4. The maximum atomic E-state index is 11.6. The van der Waals surface area contributed by atoms with Crippen molar-refractivity contribution in [1.82, 2.24) is 5.32 Å². The lowest BCUT2D eigenvalue weighted by molar-refractivity contribution is -0.157. The van der Waals surface area contributed by atoms with Crippen LogP contribution in [0.5, 0.6) is 0 Å². The van der Waals surface area contributed by atoms with Crippen molar-refractivity contribution in [2.75, 3.05) is 13.7 Å². The van der Waals surface area contributed by atoms with Gasteiger partial charge in [-0.05, 0) is 20.8 Å². The molecule has 1 heterocycles. The van der Waals surface area contributed by atoms with Crippen molar-refractivity contribution in [3.05, 3.63) is 0 Å². The van der Waals surface area contributed by atoms with Crippen molar-refractivity contribution < 1.29 is 14.3 Å². The van der Waals surface area contributed by atoms with Gasteiger partial charge in [0.25, 0.3) is 0 Å². The van der Waals surface area contributed by atoms with Crippen molar-refractivity contribution in [2.24, 2.45) is 0 Å². The molecule has 0 aliphatic carbocycles. The van der Waals surface area contributed by atoms with E-state index >= 15 is 0 Å². The van der Waals surface area contributed by atoms with E-state index in [4.69, 9.17) is 9.47 Å². The van der Waals surface area contributed by atoms with Gasteiger partial charge >= 0.3 is 5.97 Å². The summed E-state index contributed by atoms with van der Waals surface area (Å²) in [6.45, 7) is 6.33. The Hall–Kier alpha value is -0.610. The number of hydrogen-bond donors (Lipinski definition) is 1. The Balaban J connectivity index is 2.40. The minimum absolute atomic E-state index is 0.132. The molecule has 0 aromatic rings. The molecule has 0 bridgehead atoms. The SMILES string of the molecule is COC1CNC(C(=O)OC(C)(C)C)C1. The van der Waals surface area contributed by atoms with E-state index in [1.807, 2.05) is 20.8 Å². The third-order valence-corrected chi connectivity index (χ3v) is 2.12. The number of carbonyl (C=O) groups excluding carboxylic acids is 1. The van der Waals surface area contributed by atoms with Crippen LogP contribution in [0.25, 0.3) is 0 Å². The average Bonchev–Trinajstić information content (AvgIpc) is 2.48. The fraction of sp³-hybridized carbons (Fsp3) is 0.900. The van der Waals surface area contributed by atoms with E-state index in [-0.39, 0.29) is 18.1 Å². The zero-order chi connectivity index (χ0) is 10.8. The molecule has 1 aliphatic heterocycles. The summed E-state index contributed by atoms with van der Waals surface area (Å²) in [5.41, 5.74) is -0.413. The number of ether oxygens (including phenoxy) is 2. The first kappa shape index (κ1) is 11.5. The van der Waals surface area contributed by atoms with Crippen molar-refractivity contribution in [3.63, 3.8) is 0 Å². The van der Waals surface area contributed by atoms with Gasteiger partial charge in [-0.1, -0.05) is 0 Å².